The molecule has 6 nitrogen and oxygen atoms in total. The Kier molecular flexibility index (Phi) is 3.40. The first kappa shape index (κ1) is 15.0. The van der Waals surface area contributed by atoms with Crippen LogP contribution in [0.25, 0.3) is 5.69 Å². The van der Waals surface area contributed by atoms with Crippen molar-refractivity contribution in [3.63, 3.8) is 0 Å². The lowest BCUT2D eigenvalue weighted by Crippen LogP contribution is -2.51. The Labute approximate surface area is 146 Å². The fourth-order valence-corrected chi connectivity index (χ4v) is 5.75. The standard InChI is InChI=1S/C19H22N4O2/c24-18(19-8-13-4-14(9-19)6-15(5-13)10-19)11-25-17-3-1-2-16(7-17)23-12-20-21-22-23/h1-3,7,12-15H,4-6,8-11H2. The van der Waals surface area contributed by atoms with Gasteiger partial charge in [0.05, 0.1) is 5.69 Å². The number of hydrogen-bond donors (Lipinski definition) is 0. The Morgan fingerprint density at radius 2 is 1.88 bits per heavy atom. The molecule has 0 amide bonds. The molecule has 0 aliphatic heterocycles. The highest BCUT2D eigenvalue weighted by atomic mass is 16.5. The maximum absolute atomic E-state index is 13.0. The molecule has 4 saturated carbocycles. The van der Waals surface area contributed by atoms with Crippen molar-refractivity contribution in [1.82, 2.24) is 20.2 Å². The molecule has 4 fully saturated rings. The molecule has 0 radical (unpaired) electrons. The summed E-state index contributed by atoms with van der Waals surface area (Å²) >= 11 is 0. The topological polar surface area (TPSA) is 69.9 Å². The lowest BCUT2D eigenvalue weighted by Gasteiger charge is -2.55. The number of hydrogen-bond acceptors (Lipinski definition) is 5. The van der Waals surface area contributed by atoms with Crippen molar-refractivity contribution >= 4 is 5.78 Å². The minimum atomic E-state index is -0.0951. The highest BCUT2D eigenvalue weighted by Crippen LogP contribution is 2.60. The third-order valence-corrected chi connectivity index (χ3v) is 6.43. The number of nitrogens with zero attached hydrogens (tertiary/aromatic N) is 4. The van der Waals surface area contributed by atoms with Gasteiger partial charge in [0.1, 0.15) is 18.7 Å². The van der Waals surface area contributed by atoms with Crippen molar-refractivity contribution in [2.45, 2.75) is 38.5 Å². The van der Waals surface area contributed by atoms with Crippen LogP contribution >= 0.6 is 0 Å². The second kappa shape index (κ2) is 5.64. The summed E-state index contributed by atoms with van der Waals surface area (Å²) < 4.78 is 7.44. The van der Waals surface area contributed by atoms with Gasteiger partial charge in [0.2, 0.25) is 0 Å². The molecule has 1 aromatic heterocycles. The van der Waals surface area contributed by atoms with E-state index in [1.807, 2.05) is 24.3 Å². The number of tetrazole rings is 1. The summed E-state index contributed by atoms with van der Waals surface area (Å²) in [6.45, 7) is 0.172. The first-order valence-corrected chi connectivity index (χ1v) is 9.20. The molecule has 0 atom stereocenters. The molecule has 4 bridgehead atoms. The minimum Gasteiger partial charge on any atom is -0.486 e. The molecule has 6 heteroatoms. The van der Waals surface area contributed by atoms with Crippen LogP contribution in [0.15, 0.2) is 30.6 Å². The molecule has 4 aliphatic rings. The largest absolute Gasteiger partial charge is 0.486 e. The Hall–Kier alpha value is -2.24. The third-order valence-electron chi connectivity index (χ3n) is 6.43. The van der Waals surface area contributed by atoms with E-state index in [1.165, 1.54) is 19.3 Å². The van der Waals surface area contributed by atoms with Gasteiger partial charge >= 0.3 is 0 Å². The van der Waals surface area contributed by atoms with Crippen molar-refractivity contribution in [2.75, 3.05) is 6.61 Å². The molecule has 0 spiro atoms. The van der Waals surface area contributed by atoms with Crippen LogP contribution in [-0.2, 0) is 4.79 Å². The normalized spacial score (nSPS) is 32.7. The van der Waals surface area contributed by atoms with Crippen molar-refractivity contribution in [3.8, 4) is 11.4 Å². The first-order valence-electron chi connectivity index (χ1n) is 9.20. The number of benzene rings is 1. The molecule has 6 rings (SSSR count). The van der Waals surface area contributed by atoms with Crippen LogP contribution in [0.5, 0.6) is 5.75 Å². The van der Waals surface area contributed by atoms with Crippen LogP contribution in [0.1, 0.15) is 38.5 Å². The number of rotatable bonds is 5. The summed E-state index contributed by atoms with van der Waals surface area (Å²) in [5.74, 6) is 3.32. The van der Waals surface area contributed by atoms with Gasteiger partial charge in [0.25, 0.3) is 0 Å². The fourth-order valence-electron chi connectivity index (χ4n) is 5.75. The summed E-state index contributed by atoms with van der Waals surface area (Å²) in [7, 11) is 0. The van der Waals surface area contributed by atoms with Crippen LogP contribution in [-0.4, -0.2) is 32.6 Å². The minimum absolute atomic E-state index is 0.0951. The Morgan fingerprint density at radius 3 is 2.52 bits per heavy atom. The average Bonchev–Trinajstić information content (AvgIpc) is 3.13. The molecule has 0 saturated heterocycles. The zero-order valence-electron chi connectivity index (χ0n) is 14.2. The van der Waals surface area contributed by atoms with E-state index >= 15 is 0 Å². The van der Waals surface area contributed by atoms with E-state index in [0.717, 1.165) is 42.7 Å². The van der Waals surface area contributed by atoms with E-state index in [4.69, 9.17) is 4.74 Å². The van der Waals surface area contributed by atoms with Crippen LogP contribution in [0.3, 0.4) is 0 Å². The lowest BCUT2D eigenvalue weighted by atomic mass is 9.48. The number of aromatic nitrogens is 4. The van der Waals surface area contributed by atoms with E-state index in [-0.39, 0.29) is 12.0 Å². The van der Waals surface area contributed by atoms with Gasteiger partial charge in [-0.25, -0.2) is 4.68 Å². The van der Waals surface area contributed by atoms with Gasteiger partial charge in [-0.1, -0.05) is 6.07 Å². The van der Waals surface area contributed by atoms with Crippen molar-refractivity contribution < 1.29 is 9.53 Å². The summed E-state index contributed by atoms with van der Waals surface area (Å²) in [5, 5.41) is 11.2. The molecule has 1 heterocycles. The molecular weight excluding hydrogens is 316 g/mol. The SMILES string of the molecule is O=C(COc1cccc(-n2cnnn2)c1)C12CC3CC(CC(C3)C1)C2. The zero-order chi connectivity index (χ0) is 16.9. The van der Waals surface area contributed by atoms with Crippen molar-refractivity contribution in [2.24, 2.45) is 23.2 Å². The summed E-state index contributed by atoms with van der Waals surface area (Å²) in [4.78, 5) is 13.0. The van der Waals surface area contributed by atoms with E-state index in [1.54, 1.807) is 11.0 Å². The van der Waals surface area contributed by atoms with E-state index in [2.05, 4.69) is 15.5 Å². The van der Waals surface area contributed by atoms with Gasteiger partial charge in [-0.3, -0.25) is 4.79 Å². The molecule has 25 heavy (non-hydrogen) atoms. The van der Waals surface area contributed by atoms with Crippen molar-refractivity contribution in [3.05, 3.63) is 30.6 Å². The van der Waals surface area contributed by atoms with Crippen molar-refractivity contribution in [1.29, 1.82) is 0 Å². The second-order valence-electron chi connectivity index (χ2n) is 8.16. The molecule has 0 unspecified atom stereocenters. The van der Waals surface area contributed by atoms with E-state index in [9.17, 15) is 4.79 Å². The number of Topliss-reactive ketones (excluding diaryl/α,β-unsaturated/α-hetero) is 1. The summed E-state index contributed by atoms with van der Waals surface area (Å²) in [6.07, 6.45) is 8.85. The van der Waals surface area contributed by atoms with Crippen LogP contribution in [0.4, 0.5) is 0 Å². The van der Waals surface area contributed by atoms with Gasteiger partial charge in [0, 0.05) is 11.5 Å². The Balaban J connectivity index is 1.29. The van der Waals surface area contributed by atoms with Crippen LogP contribution in [0, 0.1) is 23.2 Å². The predicted octanol–water partition coefficient (Wildman–Crippen LogP) is 2.83. The molecule has 2 aromatic rings. The third kappa shape index (κ3) is 2.64. The predicted molar refractivity (Wildman–Crippen MR) is 90.3 cm³/mol. The quantitative estimate of drug-likeness (QED) is 0.838. The first-order chi connectivity index (χ1) is 12.2. The van der Waals surface area contributed by atoms with E-state index < -0.39 is 0 Å². The maximum Gasteiger partial charge on any atom is 0.176 e. The molecule has 4 aliphatic carbocycles. The monoisotopic (exact) mass is 338 g/mol. The van der Waals surface area contributed by atoms with Gasteiger partial charge in [0.15, 0.2) is 5.78 Å². The maximum atomic E-state index is 13.0. The number of carbonyl (C=O) groups is 1. The number of ether oxygens (including phenoxy) is 1. The second-order valence-corrected chi connectivity index (χ2v) is 8.16. The average molecular weight is 338 g/mol. The van der Waals surface area contributed by atoms with Gasteiger partial charge < -0.3 is 4.74 Å². The van der Waals surface area contributed by atoms with Crippen LogP contribution in [0.2, 0.25) is 0 Å². The molecule has 130 valence electrons. The van der Waals surface area contributed by atoms with E-state index in [0.29, 0.717) is 11.5 Å². The number of ketones is 1. The summed E-state index contributed by atoms with van der Waals surface area (Å²) in [6, 6.07) is 7.54. The zero-order valence-corrected chi connectivity index (χ0v) is 14.2. The molecule has 0 N–H and O–H groups in total. The molecule has 1 aromatic carbocycles. The fraction of sp³-hybridized carbons (Fsp3) is 0.579. The van der Waals surface area contributed by atoms with Gasteiger partial charge in [-0.15, -0.1) is 5.10 Å². The number of carbonyl (C=O) groups excluding carboxylic acids is 1. The Bertz CT molecular complexity index is 751. The highest BCUT2D eigenvalue weighted by molar-refractivity contribution is 5.86. The Morgan fingerprint density at radius 1 is 1.16 bits per heavy atom. The lowest BCUT2D eigenvalue weighted by molar-refractivity contribution is -0.145. The highest BCUT2D eigenvalue weighted by Gasteiger charge is 2.54. The smallest absolute Gasteiger partial charge is 0.176 e. The summed E-state index contributed by atoms with van der Waals surface area (Å²) in [5.41, 5.74) is 0.729. The molecular formula is C19H22N4O2. The van der Waals surface area contributed by atoms with Gasteiger partial charge in [-0.2, -0.15) is 0 Å². The van der Waals surface area contributed by atoms with Crippen LogP contribution < -0.4 is 4.74 Å². The van der Waals surface area contributed by atoms with Gasteiger partial charge in [-0.05, 0) is 78.8 Å².